The maximum absolute atomic E-state index is 12.0. The molecule has 0 spiro atoms. The standard InChI is InChI=1S/C18H20N6O2.C2H6/c1-2-26-14-9-11(10-4-3-5-12(19)8-10)6-7-13(14)16-22-17(24-21)15(20)18(25)23-16;1-2/h3-9H,2,19-21H2,1H3,(H2,22,23,24,25);1-2H3. The Balaban J connectivity index is 0.00000136. The van der Waals surface area contributed by atoms with Gasteiger partial charge in [-0.3, -0.25) is 4.79 Å². The molecule has 0 fully saturated rings. The zero-order valence-electron chi connectivity index (χ0n) is 16.2. The number of hydrogen-bond acceptors (Lipinski definition) is 7. The van der Waals surface area contributed by atoms with E-state index >= 15 is 0 Å². The van der Waals surface area contributed by atoms with E-state index in [1.807, 2.05) is 63.2 Å². The molecule has 0 aliphatic rings. The molecule has 2 aromatic carbocycles. The summed E-state index contributed by atoms with van der Waals surface area (Å²) in [5, 5.41) is 0. The van der Waals surface area contributed by atoms with E-state index in [0.717, 1.165) is 11.1 Å². The van der Waals surface area contributed by atoms with Crippen LogP contribution in [-0.2, 0) is 0 Å². The van der Waals surface area contributed by atoms with Crippen LogP contribution in [0.3, 0.4) is 0 Å². The van der Waals surface area contributed by atoms with Crippen LogP contribution in [0.5, 0.6) is 5.75 Å². The molecule has 8 nitrogen and oxygen atoms in total. The minimum absolute atomic E-state index is 0.0782. The average Bonchev–Trinajstić information content (AvgIpc) is 2.72. The predicted octanol–water partition coefficient (Wildman–Crippen LogP) is 2.98. The Morgan fingerprint density at radius 1 is 1.11 bits per heavy atom. The Bertz CT molecular complexity index is 1000. The first-order valence-electron chi connectivity index (χ1n) is 9.03. The van der Waals surface area contributed by atoms with Crippen molar-refractivity contribution in [2.45, 2.75) is 20.8 Å². The van der Waals surface area contributed by atoms with Gasteiger partial charge in [0, 0.05) is 5.69 Å². The Morgan fingerprint density at radius 2 is 1.82 bits per heavy atom. The summed E-state index contributed by atoms with van der Waals surface area (Å²) in [5.41, 5.74) is 16.5. The van der Waals surface area contributed by atoms with Crippen LogP contribution in [0.15, 0.2) is 47.3 Å². The van der Waals surface area contributed by atoms with Crippen LogP contribution in [0.25, 0.3) is 22.5 Å². The van der Waals surface area contributed by atoms with Crippen molar-refractivity contribution in [3.8, 4) is 28.3 Å². The molecule has 0 amide bonds. The fourth-order valence-electron chi connectivity index (χ4n) is 2.61. The summed E-state index contributed by atoms with van der Waals surface area (Å²) in [6, 6.07) is 13.1. The molecule has 0 saturated heterocycles. The van der Waals surface area contributed by atoms with Gasteiger partial charge in [0.15, 0.2) is 5.82 Å². The summed E-state index contributed by atoms with van der Waals surface area (Å²) >= 11 is 0. The van der Waals surface area contributed by atoms with Crippen molar-refractivity contribution in [2.24, 2.45) is 5.84 Å². The first-order valence-corrected chi connectivity index (χ1v) is 9.03. The molecule has 28 heavy (non-hydrogen) atoms. The van der Waals surface area contributed by atoms with E-state index in [-0.39, 0.29) is 11.5 Å². The van der Waals surface area contributed by atoms with E-state index in [0.29, 0.717) is 29.4 Å². The molecular formula is C20H26N6O2. The molecule has 3 rings (SSSR count). The number of rotatable bonds is 5. The number of nitrogens with one attached hydrogen (secondary N) is 2. The fourth-order valence-corrected chi connectivity index (χ4v) is 2.61. The van der Waals surface area contributed by atoms with Crippen molar-refractivity contribution in [2.75, 3.05) is 23.5 Å². The van der Waals surface area contributed by atoms with E-state index < -0.39 is 5.56 Å². The van der Waals surface area contributed by atoms with Gasteiger partial charge in [-0.2, -0.15) is 0 Å². The second kappa shape index (κ2) is 9.43. The lowest BCUT2D eigenvalue weighted by Gasteiger charge is -2.13. The van der Waals surface area contributed by atoms with Crippen molar-refractivity contribution in [1.29, 1.82) is 0 Å². The molecule has 0 unspecified atom stereocenters. The molecule has 0 aliphatic carbocycles. The van der Waals surface area contributed by atoms with Crippen LogP contribution < -0.4 is 33.0 Å². The minimum Gasteiger partial charge on any atom is -0.493 e. The normalized spacial score (nSPS) is 10.0. The van der Waals surface area contributed by atoms with Crippen molar-refractivity contribution < 1.29 is 4.74 Å². The van der Waals surface area contributed by atoms with E-state index in [4.69, 9.17) is 22.0 Å². The SMILES string of the molecule is CC.CCOc1cc(-c2cccc(N)c2)ccc1-c1nc(NN)c(N)c(=O)[nH]1. The van der Waals surface area contributed by atoms with Crippen molar-refractivity contribution in [3.05, 3.63) is 52.8 Å². The number of aromatic nitrogens is 2. The van der Waals surface area contributed by atoms with Gasteiger partial charge in [-0.15, -0.1) is 0 Å². The summed E-state index contributed by atoms with van der Waals surface area (Å²) in [6.07, 6.45) is 0. The van der Waals surface area contributed by atoms with Crippen LogP contribution in [-0.4, -0.2) is 16.6 Å². The van der Waals surface area contributed by atoms with Crippen LogP contribution in [0.2, 0.25) is 0 Å². The van der Waals surface area contributed by atoms with E-state index in [1.54, 1.807) is 0 Å². The topological polar surface area (TPSA) is 145 Å². The molecule has 0 radical (unpaired) electrons. The smallest absolute Gasteiger partial charge is 0.276 e. The average molecular weight is 382 g/mol. The Kier molecular flexibility index (Phi) is 7.00. The number of hydrazine groups is 1. The van der Waals surface area contributed by atoms with E-state index in [1.165, 1.54) is 0 Å². The Morgan fingerprint density at radius 3 is 2.46 bits per heavy atom. The minimum atomic E-state index is -0.481. The number of ether oxygens (including phenoxy) is 1. The van der Waals surface area contributed by atoms with Crippen molar-refractivity contribution >= 4 is 17.2 Å². The quantitative estimate of drug-likeness (QED) is 0.259. The molecule has 1 heterocycles. The molecule has 0 aliphatic heterocycles. The van der Waals surface area contributed by atoms with Gasteiger partial charge in [-0.1, -0.05) is 32.0 Å². The summed E-state index contributed by atoms with van der Waals surface area (Å²) < 4.78 is 5.75. The highest BCUT2D eigenvalue weighted by Crippen LogP contribution is 2.33. The van der Waals surface area contributed by atoms with Gasteiger partial charge in [0.25, 0.3) is 5.56 Å². The third kappa shape index (κ3) is 4.41. The summed E-state index contributed by atoms with van der Waals surface area (Å²) in [5.74, 6) is 6.37. The molecule has 148 valence electrons. The van der Waals surface area contributed by atoms with Crippen LogP contribution in [0, 0.1) is 0 Å². The first-order chi connectivity index (χ1) is 13.5. The highest BCUT2D eigenvalue weighted by Gasteiger charge is 2.14. The number of aromatic amines is 1. The lowest BCUT2D eigenvalue weighted by atomic mass is 10.0. The van der Waals surface area contributed by atoms with Gasteiger partial charge in [-0.05, 0) is 42.3 Å². The highest BCUT2D eigenvalue weighted by molar-refractivity contribution is 5.76. The summed E-state index contributed by atoms with van der Waals surface area (Å²) in [4.78, 5) is 18.9. The lowest BCUT2D eigenvalue weighted by Crippen LogP contribution is -2.20. The van der Waals surface area contributed by atoms with Gasteiger partial charge in [0.1, 0.15) is 17.3 Å². The van der Waals surface area contributed by atoms with Crippen LogP contribution in [0.1, 0.15) is 20.8 Å². The summed E-state index contributed by atoms with van der Waals surface area (Å²) in [6.45, 7) is 6.33. The van der Waals surface area contributed by atoms with Gasteiger partial charge >= 0.3 is 0 Å². The second-order valence-corrected chi connectivity index (χ2v) is 5.59. The van der Waals surface area contributed by atoms with Gasteiger partial charge in [-0.25, -0.2) is 10.8 Å². The van der Waals surface area contributed by atoms with Crippen LogP contribution >= 0.6 is 0 Å². The Hall–Kier alpha value is -3.52. The summed E-state index contributed by atoms with van der Waals surface area (Å²) in [7, 11) is 0. The zero-order chi connectivity index (χ0) is 20.7. The number of nitrogens with two attached hydrogens (primary N) is 3. The van der Waals surface area contributed by atoms with Crippen molar-refractivity contribution in [1.82, 2.24) is 9.97 Å². The largest absolute Gasteiger partial charge is 0.493 e. The Labute approximate surface area is 163 Å². The maximum Gasteiger partial charge on any atom is 0.276 e. The van der Waals surface area contributed by atoms with Gasteiger partial charge < -0.3 is 26.6 Å². The third-order valence-electron chi connectivity index (χ3n) is 3.85. The first kappa shape index (κ1) is 20.8. The number of anilines is 3. The van der Waals surface area contributed by atoms with Gasteiger partial charge in [0.2, 0.25) is 0 Å². The third-order valence-corrected chi connectivity index (χ3v) is 3.85. The van der Waals surface area contributed by atoms with Crippen LogP contribution in [0.4, 0.5) is 17.2 Å². The molecule has 0 saturated carbocycles. The molecule has 8 N–H and O–H groups in total. The van der Waals surface area contributed by atoms with E-state index in [9.17, 15) is 4.79 Å². The maximum atomic E-state index is 12.0. The molecule has 0 atom stereocenters. The molecule has 0 bridgehead atoms. The molecule has 8 heteroatoms. The lowest BCUT2D eigenvalue weighted by molar-refractivity contribution is 0.341. The number of nitrogens with zero attached hydrogens (tertiary/aromatic N) is 1. The predicted molar refractivity (Wildman–Crippen MR) is 115 cm³/mol. The van der Waals surface area contributed by atoms with Gasteiger partial charge in [0.05, 0.1) is 12.2 Å². The number of hydrogen-bond donors (Lipinski definition) is 5. The second-order valence-electron chi connectivity index (χ2n) is 5.59. The van der Waals surface area contributed by atoms with E-state index in [2.05, 4.69) is 15.4 Å². The number of H-pyrrole nitrogens is 1. The monoisotopic (exact) mass is 382 g/mol. The molecule has 3 aromatic rings. The fraction of sp³-hybridized carbons (Fsp3) is 0.200. The zero-order valence-corrected chi connectivity index (χ0v) is 16.2. The molecule has 1 aromatic heterocycles. The number of nitrogen functional groups attached to an aromatic ring is 3. The number of benzene rings is 2. The van der Waals surface area contributed by atoms with Crippen molar-refractivity contribution in [3.63, 3.8) is 0 Å². The molecular weight excluding hydrogens is 356 g/mol. The highest BCUT2D eigenvalue weighted by atomic mass is 16.5.